The number of hydrogen-bond donors (Lipinski definition) is 4. The molecule has 6 heteroatoms. The van der Waals surface area contributed by atoms with Gasteiger partial charge in [-0.25, -0.2) is 0 Å². The van der Waals surface area contributed by atoms with Crippen LogP contribution in [0.25, 0.3) is 0 Å². The molecule has 2 atom stereocenters. The van der Waals surface area contributed by atoms with Gasteiger partial charge in [-0.1, -0.05) is 20.8 Å². The lowest BCUT2D eigenvalue weighted by Gasteiger charge is -2.25. The van der Waals surface area contributed by atoms with E-state index in [4.69, 9.17) is 0 Å². The molecule has 2 aliphatic heterocycles. The van der Waals surface area contributed by atoms with Gasteiger partial charge < -0.3 is 21.3 Å². The molecular weight excluding hydrogens is 388 g/mol. The first-order chi connectivity index (χ1) is 15.0. The van der Waals surface area contributed by atoms with Crippen LogP contribution in [0.1, 0.15) is 79.8 Å². The van der Waals surface area contributed by atoms with Crippen molar-refractivity contribution < 1.29 is 9.59 Å². The molecule has 172 valence electrons. The summed E-state index contributed by atoms with van der Waals surface area (Å²) < 4.78 is 0. The minimum Gasteiger partial charge on any atom is -0.351 e. The Bertz CT molecular complexity index is 732. The summed E-state index contributed by atoms with van der Waals surface area (Å²) in [6, 6.07) is -0.132. The van der Waals surface area contributed by atoms with Gasteiger partial charge in [0, 0.05) is 13.1 Å². The van der Waals surface area contributed by atoms with Crippen molar-refractivity contribution in [2.75, 3.05) is 13.1 Å². The van der Waals surface area contributed by atoms with Crippen LogP contribution in [0.3, 0.4) is 0 Å². The fourth-order valence-corrected chi connectivity index (χ4v) is 5.41. The fourth-order valence-electron chi connectivity index (χ4n) is 5.41. The smallest absolute Gasteiger partial charge is 0.237 e. The quantitative estimate of drug-likeness (QED) is 0.487. The zero-order valence-electron chi connectivity index (χ0n) is 19.7. The second-order valence-corrected chi connectivity index (χ2v) is 8.81. The molecule has 0 unspecified atom stereocenters. The van der Waals surface area contributed by atoms with Gasteiger partial charge in [-0.05, 0) is 98.3 Å². The fraction of sp³-hybridized carbons (Fsp3) is 0.680. The summed E-state index contributed by atoms with van der Waals surface area (Å²) in [7, 11) is 0. The summed E-state index contributed by atoms with van der Waals surface area (Å²) in [5.41, 5.74) is 7.79. The van der Waals surface area contributed by atoms with Crippen molar-refractivity contribution in [2.45, 2.75) is 97.8 Å². The molecule has 2 heterocycles. The van der Waals surface area contributed by atoms with Crippen LogP contribution < -0.4 is 21.3 Å². The predicted octanol–water partition coefficient (Wildman–Crippen LogP) is 2.42. The third-order valence-corrected chi connectivity index (χ3v) is 7.06. The average Bonchev–Trinajstić information content (AvgIpc) is 3.50. The second-order valence-electron chi connectivity index (χ2n) is 8.81. The van der Waals surface area contributed by atoms with Crippen LogP contribution in [0.4, 0.5) is 0 Å². The highest BCUT2D eigenvalue weighted by molar-refractivity contribution is 5.82. The number of carbonyl (C=O) groups is 2. The van der Waals surface area contributed by atoms with Crippen molar-refractivity contribution >= 4 is 11.8 Å². The molecule has 0 bridgehead atoms. The molecule has 2 amide bonds. The highest BCUT2D eigenvalue weighted by Crippen LogP contribution is 2.30. The van der Waals surface area contributed by atoms with E-state index in [1.165, 1.54) is 33.4 Å². The van der Waals surface area contributed by atoms with Crippen LogP contribution in [-0.4, -0.2) is 37.0 Å². The van der Waals surface area contributed by atoms with Gasteiger partial charge in [0.2, 0.25) is 11.8 Å². The number of amides is 2. The number of nitrogens with one attached hydrogen (secondary N) is 4. The van der Waals surface area contributed by atoms with Crippen molar-refractivity contribution in [3.63, 3.8) is 0 Å². The SMILES string of the molecule is CCc1c(C)c(CC)c(CNC(=O)[C@@H]2CCCN2)c(CC)c1CNC(=O)[C@@H]1CCCN1. The van der Waals surface area contributed by atoms with Gasteiger partial charge in [0.25, 0.3) is 0 Å². The lowest BCUT2D eigenvalue weighted by atomic mass is 9.83. The van der Waals surface area contributed by atoms with E-state index in [1.54, 1.807) is 0 Å². The van der Waals surface area contributed by atoms with Gasteiger partial charge in [0.05, 0.1) is 12.1 Å². The Hall–Kier alpha value is -1.92. The summed E-state index contributed by atoms with van der Waals surface area (Å²) in [5.74, 6) is 0.196. The van der Waals surface area contributed by atoms with Crippen molar-refractivity contribution in [3.8, 4) is 0 Å². The highest BCUT2D eigenvalue weighted by atomic mass is 16.2. The van der Waals surface area contributed by atoms with E-state index in [2.05, 4.69) is 49.0 Å². The van der Waals surface area contributed by atoms with Crippen molar-refractivity contribution in [1.82, 2.24) is 21.3 Å². The van der Waals surface area contributed by atoms with Gasteiger partial charge in [-0.3, -0.25) is 9.59 Å². The Morgan fingerprint density at radius 2 is 1.16 bits per heavy atom. The molecule has 0 spiro atoms. The Labute approximate surface area is 187 Å². The lowest BCUT2D eigenvalue weighted by Crippen LogP contribution is -2.41. The number of hydrogen-bond acceptors (Lipinski definition) is 4. The molecule has 2 fully saturated rings. The number of rotatable bonds is 9. The molecule has 6 nitrogen and oxygen atoms in total. The van der Waals surface area contributed by atoms with Gasteiger partial charge in [0.1, 0.15) is 0 Å². The summed E-state index contributed by atoms with van der Waals surface area (Å²) in [4.78, 5) is 25.3. The molecule has 4 N–H and O–H groups in total. The zero-order chi connectivity index (χ0) is 22.4. The topological polar surface area (TPSA) is 82.3 Å². The summed E-state index contributed by atoms with van der Waals surface area (Å²) >= 11 is 0. The maximum Gasteiger partial charge on any atom is 0.237 e. The van der Waals surface area contributed by atoms with E-state index in [0.29, 0.717) is 13.1 Å². The first kappa shape index (κ1) is 23.7. The highest BCUT2D eigenvalue weighted by Gasteiger charge is 2.25. The Morgan fingerprint density at radius 1 is 0.742 bits per heavy atom. The molecule has 0 aromatic heterocycles. The average molecular weight is 429 g/mol. The summed E-state index contributed by atoms with van der Waals surface area (Å²) in [6.07, 6.45) is 6.71. The third kappa shape index (κ3) is 5.29. The van der Waals surface area contributed by atoms with Gasteiger partial charge in [-0.2, -0.15) is 0 Å². The maximum atomic E-state index is 12.6. The lowest BCUT2D eigenvalue weighted by molar-refractivity contribution is -0.123. The van der Waals surface area contributed by atoms with Crippen LogP contribution in [0.15, 0.2) is 0 Å². The van der Waals surface area contributed by atoms with Gasteiger partial charge in [0.15, 0.2) is 0 Å². The van der Waals surface area contributed by atoms with Crippen molar-refractivity contribution in [2.24, 2.45) is 0 Å². The van der Waals surface area contributed by atoms with Gasteiger partial charge in [-0.15, -0.1) is 0 Å². The van der Waals surface area contributed by atoms with E-state index in [0.717, 1.165) is 58.0 Å². The van der Waals surface area contributed by atoms with Crippen LogP contribution in [0.2, 0.25) is 0 Å². The van der Waals surface area contributed by atoms with E-state index in [1.807, 2.05) is 0 Å². The minimum absolute atomic E-state index is 0.0659. The largest absolute Gasteiger partial charge is 0.351 e. The minimum atomic E-state index is -0.0659. The van der Waals surface area contributed by atoms with E-state index in [-0.39, 0.29) is 23.9 Å². The molecule has 2 aliphatic rings. The first-order valence-corrected chi connectivity index (χ1v) is 12.2. The number of benzene rings is 1. The van der Waals surface area contributed by atoms with Crippen molar-refractivity contribution in [3.05, 3.63) is 33.4 Å². The normalized spacial score (nSPS) is 20.8. The van der Waals surface area contributed by atoms with E-state index >= 15 is 0 Å². The van der Waals surface area contributed by atoms with E-state index in [9.17, 15) is 9.59 Å². The Kier molecular flexibility index (Phi) is 8.50. The Balaban J connectivity index is 1.87. The first-order valence-electron chi connectivity index (χ1n) is 12.2. The number of carbonyl (C=O) groups excluding carboxylic acids is 2. The molecule has 0 radical (unpaired) electrons. The van der Waals surface area contributed by atoms with Crippen LogP contribution >= 0.6 is 0 Å². The third-order valence-electron chi connectivity index (χ3n) is 7.06. The molecule has 0 saturated carbocycles. The maximum absolute atomic E-state index is 12.6. The molecule has 1 aromatic carbocycles. The molecule has 2 saturated heterocycles. The Morgan fingerprint density at radius 3 is 1.48 bits per heavy atom. The van der Waals surface area contributed by atoms with Crippen LogP contribution in [0.5, 0.6) is 0 Å². The molecule has 1 aromatic rings. The van der Waals surface area contributed by atoms with E-state index < -0.39 is 0 Å². The van der Waals surface area contributed by atoms with Crippen LogP contribution in [-0.2, 0) is 41.9 Å². The molecule has 0 aliphatic carbocycles. The summed E-state index contributed by atoms with van der Waals surface area (Å²) in [5, 5.41) is 13.0. The second kappa shape index (κ2) is 11.1. The summed E-state index contributed by atoms with van der Waals surface area (Å²) in [6.45, 7) is 11.7. The van der Waals surface area contributed by atoms with Crippen molar-refractivity contribution in [1.29, 1.82) is 0 Å². The molecular formula is C25H40N4O2. The molecule has 31 heavy (non-hydrogen) atoms. The monoisotopic (exact) mass is 428 g/mol. The zero-order valence-corrected chi connectivity index (χ0v) is 19.7. The van der Waals surface area contributed by atoms with Crippen LogP contribution in [0, 0.1) is 6.92 Å². The molecule has 3 rings (SSSR count). The predicted molar refractivity (Wildman–Crippen MR) is 125 cm³/mol. The van der Waals surface area contributed by atoms with Gasteiger partial charge >= 0.3 is 0 Å². The standard InChI is InChI=1S/C25H40N4O2/c1-5-17-16(4)18(6-2)21(15-29-25(31)23-11-9-13-27-23)19(7-3)20(17)14-28-24(30)22-10-8-12-26-22/h22-23,26-27H,5-15H2,1-4H3,(H,28,30)(H,29,31)/t22-,23-/m0/s1.